The zero-order chi connectivity index (χ0) is 12.0. The second-order valence-electron chi connectivity index (χ2n) is 4.26. The van der Waals surface area contributed by atoms with Crippen LogP contribution in [-0.4, -0.2) is 11.5 Å². The monoisotopic (exact) mass is 224 g/mol. The Balaban J connectivity index is 2.72. The summed E-state index contributed by atoms with van der Waals surface area (Å²) in [6.45, 7) is 7.40. The van der Waals surface area contributed by atoms with Gasteiger partial charge in [-0.05, 0) is 31.0 Å². The molecule has 0 spiro atoms. The van der Waals surface area contributed by atoms with Crippen molar-refractivity contribution in [2.45, 2.75) is 39.7 Å². The summed E-state index contributed by atoms with van der Waals surface area (Å²) in [6, 6.07) is 3.48. The first-order chi connectivity index (χ1) is 7.67. The maximum Gasteiger partial charge on any atom is 0.141 e. The Morgan fingerprint density at radius 2 is 2.12 bits per heavy atom. The SMILES string of the molecule is CCNC(CC(C)CC)c1ccc(F)cn1. The quantitative estimate of drug-likeness (QED) is 0.802. The zero-order valence-electron chi connectivity index (χ0n) is 10.3. The molecule has 0 aliphatic carbocycles. The van der Waals surface area contributed by atoms with E-state index in [1.54, 1.807) is 6.07 Å². The van der Waals surface area contributed by atoms with Crippen molar-refractivity contribution in [2.75, 3.05) is 6.54 Å². The molecule has 0 saturated heterocycles. The van der Waals surface area contributed by atoms with Crippen molar-refractivity contribution in [1.82, 2.24) is 10.3 Å². The second-order valence-corrected chi connectivity index (χ2v) is 4.26. The number of hydrogen-bond acceptors (Lipinski definition) is 2. The Bertz CT molecular complexity index is 297. The van der Waals surface area contributed by atoms with Gasteiger partial charge in [0, 0.05) is 6.04 Å². The van der Waals surface area contributed by atoms with Crippen molar-refractivity contribution in [3.8, 4) is 0 Å². The molecule has 0 aliphatic heterocycles. The van der Waals surface area contributed by atoms with E-state index in [4.69, 9.17) is 0 Å². The fourth-order valence-corrected chi connectivity index (χ4v) is 1.72. The fourth-order valence-electron chi connectivity index (χ4n) is 1.72. The van der Waals surface area contributed by atoms with Gasteiger partial charge in [0.25, 0.3) is 0 Å². The molecule has 0 aromatic carbocycles. The molecule has 0 aliphatic rings. The van der Waals surface area contributed by atoms with Crippen molar-refractivity contribution in [2.24, 2.45) is 5.92 Å². The summed E-state index contributed by atoms with van der Waals surface area (Å²) in [5.41, 5.74) is 0.934. The van der Waals surface area contributed by atoms with Crippen LogP contribution in [0.15, 0.2) is 18.3 Å². The van der Waals surface area contributed by atoms with Crippen LogP contribution < -0.4 is 5.32 Å². The van der Waals surface area contributed by atoms with Crippen molar-refractivity contribution in [3.63, 3.8) is 0 Å². The lowest BCUT2D eigenvalue weighted by molar-refractivity contribution is 0.401. The normalized spacial score (nSPS) is 14.8. The van der Waals surface area contributed by atoms with Gasteiger partial charge in [0.05, 0.1) is 11.9 Å². The highest BCUT2D eigenvalue weighted by atomic mass is 19.1. The van der Waals surface area contributed by atoms with E-state index in [2.05, 4.69) is 31.1 Å². The predicted molar refractivity (Wildman–Crippen MR) is 64.7 cm³/mol. The standard InChI is InChI=1S/C13H21FN2/c1-4-10(3)8-13(15-5-2)12-7-6-11(14)9-16-12/h6-7,9-10,13,15H,4-5,8H2,1-3H3. The summed E-state index contributed by atoms with van der Waals surface area (Å²) >= 11 is 0. The van der Waals surface area contributed by atoms with E-state index in [1.807, 2.05) is 0 Å². The van der Waals surface area contributed by atoms with Gasteiger partial charge in [-0.15, -0.1) is 0 Å². The summed E-state index contributed by atoms with van der Waals surface area (Å²) in [7, 11) is 0. The van der Waals surface area contributed by atoms with E-state index < -0.39 is 0 Å². The maximum atomic E-state index is 12.8. The molecular formula is C13H21FN2. The van der Waals surface area contributed by atoms with E-state index >= 15 is 0 Å². The molecule has 1 N–H and O–H groups in total. The van der Waals surface area contributed by atoms with Gasteiger partial charge in [-0.2, -0.15) is 0 Å². The highest BCUT2D eigenvalue weighted by Gasteiger charge is 2.14. The molecular weight excluding hydrogens is 203 g/mol. The van der Waals surface area contributed by atoms with Crippen LogP contribution >= 0.6 is 0 Å². The van der Waals surface area contributed by atoms with Crippen LogP contribution in [0.3, 0.4) is 0 Å². The van der Waals surface area contributed by atoms with Crippen molar-refractivity contribution >= 4 is 0 Å². The predicted octanol–water partition coefficient (Wildman–Crippen LogP) is 3.31. The molecule has 2 atom stereocenters. The van der Waals surface area contributed by atoms with Gasteiger partial charge in [-0.1, -0.05) is 27.2 Å². The van der Waals surface area contributed by atoms with Crippen molar-refractivity contribution < 1.29 is 4.39 Å². The lowest BCUT2D eigenvalue weighted by Crippen LogP contribution is -2.23. The zero-order valence-corrected chi connectivity index (χ0v) is 10.3. The summed E-state index contributed by atoms with van der Waals surface area (Å²) in [6.07, 6.45) is 3.49. The topological polar surface area (TPSA) is 24.9 Å². The third-order valence-electron chi connectivity index (χ3n) is 2.89. The first-order valence-corrected chi connectivity index (χ1v) is 6.02. The molecule has 0 radical (unpaired) electrons. The summed E-state index contributed by atoms with van der Waals surface area (Å²) in [5, 5.41) is 3.40. The third-order valence-corrected chi connectivity index (χ3v) is 2.89. The minimum absolute atomic E-state index is 0.237. The van der Waals surface area contributed by atoms with Crippen LogP contribution in [0.25, 0.3) is 0 Å². The van der Waals surface area contributed by atoms with E-state index in [0.717, 1.165) is 25.1 Å². The van der Waals surface area contributed by atoms with Gasteiger partial charge in [-0.3, -0.25) is 4.98 Å². The molecule has 16 heavy (non-hydrogen) atoms. The molecule has 90 valence electrons. The Morgan fingerprint density at radius 1 is 1.38 bits per heavy atom. The minimum atomic E-state index is -0.275. The number of hydrogen-bond donors (Lipinski definition) is 1. The summed E-state index contributed by atoms with van der Waals surface area (Å²) in [5.74, 6) is 0.374. The molecule has 2 unspecified atom stereocenters. The molecule has 0 bridgehead atoms. The van der Waals surface area contributed by atoms with Crippen LogP contribution in [0.2, 0.25) is 0 Å². The van der Waals surface area contributed by atoms with Gasteiger partial charge in [0.15, 0.2) is 0 Å². The summed E-state index contributed by atoms with van der Waals surface area (Å²) in [4.78, 5) is 4.15. The van der Waals surface area contributed by atoms with Gasteiger partial charge >= 0.3 is 0 Å². The van der Waals surface area contributed by atoms with E-state index in [9.17, 15) is 4.39 Å². The molecule has 1 aromatic rings. The average molecular weight is 224 g/mol. The van der Waals surface area contributed by atoms with E-state index in [1.165, 1.54) is 12.3 Å². The highest BCUT2D eigenvalue weighted by Crippen LogP contribution is 2.21. The molecule has 3 heteroatoms. The minimum Gasteiger partial charge on any atom is -0.309 e. The number of pyridine rings is 1. The Labute approximate surface area is 97.3 Å². The molecule has 0 fully saturated rings. The number of nitrogens with zero attached hydrogens (tertiary/aromatic N) is 1. The van der Waals surface area contributed by atoms with Gasteiger partial charge in [-0.25, -0.2) is 4.39 Å². The maximum absolute atomic E-state index is 12.8. The Kier molecular flexibility index (Phi) is 5.39. The van der Waals surface area contributed by atoms with Gasteiger partial charge < -0.3 is 5.32 Å². The molecule has 1 heterocycles. The molecule has 1 rings (SSSR count). The van der Waals surface area contributed by atoms with Crippen LogP contribution in [0, 0.1) is 11.7 Å². The van der Waals surface area contributed by atoms with Crippen molar-refractivity contribution in [1.29, 1.82) is 0 Å². The first kappa shape index (κ1) is 13.1. The van der Waals surface area contributed by atoms with Crippen LogP contribution in [0.4, 0.5) is 4.39 Å². The number of halogens is 1. The van der Waals surface area contributed by atoms with Crippen LogP contribution in [0.5, 0.6) is 0 Å². The van der Waals surface area contributed by atoms with Crippen LogP contribution in [-0.2, 0) is 0 Å². The number of rotatable bonds is 6. The number of aromatic nitrogens is 1. The largest absolute Gasteiger partial charge is 0.309 e. The molecule has 2 nitrogen and oxygen atoms in total. The molecule has 1 aromatic heterocycles. The molecule has 0 amide bonds. The highest BCUT2D eigenvalue weighted by molar-refractivity contribution is 5.10. The smallest absolute Gasteiger partial charge is 0.141 e. The van der Waals surface area contributed by atoms with Crippen molar-refractivity contribution in [3.05, 3.63) is 29.8 Å². The second kappa shape index (κ2) is 6.59. The lowest BCUT2D eigenvalue weighted by atomic mass is 9.97. The fraction of sp³-hybridized carbons (Fsp3) is 0.615. The summed E-state index contributed by atoms with van der Waals surface area (Å²) < 4.78 is 12.8. The van der Waals surface area contributed by atoms with Gasteiger partial charge in [0.1, 0.15) is 5.82 Å². The van der Waals surface area contributed by atoms with E-state index in [0.29, 0.717) is 5.92 Å². The number of nitrogens with one attached hydrogen (secondary N) is 1. The average Bonchev–Trinajstić information content (AvgIpc) is 2.29. The third kappa shape index (κ3) is 3.89. The van der Waals surface area contributed by atoms with Crippen LogP contribution in [0.1, 0.15) is 45.3 Å². The first-order valence-electron chi connectivity index (χ1n) is 6.02. The molecule has 0 saturated carbocycles. The van der Waals surface area contributed by atoms with E-state index in [-0.39, 0.29) is 11.9 Å². The van der Waals surface area contributed by atoms with Gasteiger partial charge in [0.2, 0.25) is 0 Å². The Hall–Kier alpha value is -0.960. The lowest BCUT2D eigenvalue weighted by Gasteiger charge is -2.20. The Morgan fingerprint density at radius 3 is 2.62 bits per heavy atom.